The molecule has 5 aromatic rings. The van der Waals surface area contributed by atoms with Gasteiger partial charge < -0.3 is 43.4 Å². The summed E-state index contributed by atoms with van der Waals surface area (Å²) < 4.78 is 41.3. The van der Waals surface area contributed by atoms with E-state index < -0.39 is 23.4 Å². The van der Waals surface area contributed by atoms with E-state index in [1.165, 1.54) is 0 Å². The summed E-state index contributed by atoms with van der Waals surface area (Å²) in [6.07, 6.45) is 6.38. The van der Waals surface area contributed by atoms with E-state index in [2.05, 4.69) is 44.0 Å². The van der Waals surface area contributed by atoms with E-state index in [-0.39, 0.29) is 65.8 Å². The molecule has 406 valence electrons. The van der Waals surface area contributed by atoms with E-state index in [1.54, 1.807) is 18.2 Å². The Morgan fingerprint density at radius 1 is 0.883 bits per heavy atom. The molecule has 2 bridgehead atoms. The summed E-state index contributed by atoms with van der Waals surface area (Å²) in [4.78, 5) is 78.9. The number of aryl methyl sites for hydroxylation is 1. The standard InChI is InChI=1S/C58H69FN10O8/c1-6-36-8-7-9-37-23-42(76-34-74-5)24-44(48(36)37)50-49(59)51-45(25-60-50)52(67-30-40-10-11-41(31-67)69(40)56(73)77-57(2,3)4)63-55(62-51)75-33-58(16-17-58)32-65-20-18-64(19-21-65)26-35-27-66(28-35)39-12-13-43-38(22-39)29-68(54(43)72)46-14-15-47(70)61-53(46)71/h7-9,12-13,22-25,35,40-41,46H,6,10-11,14-21,26-34H2,1-5H3,(H,61,70,71). The predicted octanol–water partition coefficient (Wildman–Crippen LogP) is 6.79. The van der Waals surface area contributed by atoms with Gasteiger partial charge in [-0.25, -0.2) is 9.18 Å². The second-order valence-electron chi connectivity index (χ2n) is 23.5. The van der Waals surface area contributed by atoms with E-state index in [1.807, 2.05) is 62.1 Å². The lowest BCUT2D eigenvalue weighted by Crippen LogP contribution is -2.57. The number of carbonyl (C=O) groups is 4. The number of ether oxygens (including phenoxy) is 4. The SMILES string of the molecule is CCc1cccc2cc(OCOC)cc(-c3ncc4c(N5CC6CCC(C5)N6C(=O)OC(C)(C)C)nc(OCC5(CN6CCN(CC7CN(c8ccc9c(c8)CN(C8CCC(=O)NC8=O)C9=O)C7)CC6)CC5)nc4c3F)c12. The van der Waals surface area contributed by atoms with Gasteiger partial charge >= 0.3 is 12.1 Å². The fourth-order valence-electron chi connectivity index (χ4n) is 12.7. The van der Waals surface area contributed by atoms with Gasteiger partial charge in [-0.1, -0.05) is 25.1 Å². The molecule has 6 aliphatic heterocycles. The van der Waals surface area contributed by atoms with Gasteiger partial charge in [0.25, 0.3) is 5.91 Å². The van der Waals surface area contributed by atoms with Crippen molar-refractivity contribution in [1.29, 1.82) is 0 Å². The van der Waals surface area contributed by atoms with Crippen LogP contribution in [-0.2, 0) is 32.0 Å². The monoisotopic (exact) mass is 1050 g/mol. The fourth-order valence-corrected chi connectivity index (χ4v) is 12.7. The van der Waals surface area contributed by atoms with E-state index in [0.29, 0.717) is 66.7 Å². The van der Waals surface area contributed by atoms with Crippen molar-refractivity contribution in [3.05, 3.63) is 77.2 Å². The first-order valence-corrected chi connectivity index (χ1v) is 27.5. The van der Waals surface area contributed by atoms with Crippen LogP contribution >= 0.6 is 0 Å². The van der Waals surface area contributed by atoms with Crippen molar-refractivity contribution in [2.24, 2.45) is 11.3 Å². The predicted molar refractivity (Wildman–Crippen MR) is 287 cm³/mol. The molecule has 19 heteroatoms. The Morgan fingerprint density at radius 2 is 1.65 bits per heavy atom. The summed E-state index contributed by atoms with van der Waals surface area (Å²) in [7, 11) is 1.56. The normalized spacial score (nSPS) is 22.7. The Bertz CT molecular complexity index is 3140. The molecular formula is C58H69FN10O8. The first-order valence-electron chi connectivity index (χ1n) is 27.5. The van der Waals surface area contributed by atoms with Crippen LogP contribution in [0.2, 0.25) is 0 Å². The molecule has 8 heterocycles. The van der Waals surface area contributed by atoms with E-state index in [4.69, 9.17) is 33.9 Å². The summed E-state index contributed by atoms with van der Waals surface area (Å²) in [6, 6.07) is 15.1. The average molecular weight is 1050 g/mol. The number of methoxy groups -OCH3 is 1. The second kappa shape index (κ2) is 20.3. The molecule has 18 nitrogen and oxygen atoms in total. The van der Waals surface area contributed by atoms with Crippen molar-refractivity contribution in [1.82, 2.24) is 39.9 Å². The molecule has 0 spiro atoms. The lowest BCUT2D eigenvalue weighted by atomic mass is 9.95. The molecule has 4 amide bonds. The van der Waals surface area contributed by atoms with E-state index in [0.717, 1.165) is 112 Å². The Kier molecular flexibility index (Phi) is 13.4. The molecule has 2 aromatic heterocycles. The third-order valence-corrected chi connectivity index (χ3v) is 16.9. The van der Waals surface area contributed by atoms with Crippen molar-refractivity contribution in [2.45, 2.75) is 103 Å². The van der Waals surface area contributed by atoms with Gasteiger partial charge in [0.1, 0.15) is 34.4 Å². The van der Waals surface area contributed by atoms with Crippen molar-refractivity contribution in [3.8, 4) is 23.0 Å². The minimum absolute atomic E-state index is 0.0351. The number of anilines is 2. The summed E-state index contributed by atoms with van der Waals surface area (Å²) >= 11 is 0. The quantitative estimate of drug-likeness (QED) is 0.0857. The van der Waals surface area contributed by atoms with Crippen molar-refractivity contribution in [3.63, 3.8) is 0 Å². The number of halogens is 1. The number of nitrogens with zero attached hydrogens (tertiary/aromatic N) is 9. The number of hydrogen-bond acceptors (Lipinski definition) is 15. The fraction of sp³-hybridized carbons (Fsp3) is 0.534. The number of hydrogen-bond donors (Lipinski definition) is 1. The number of pyridine rings is 1. The molecular weight excluding hydrogens is 984 g/mol. The van der Waals surface area contributed by atoms with Crippen LogP contribution in [0.4, 0.5) is 20.7 Å². The molecule has 7 aliphatic rings. The van der Waals surface area contributed by atoms with Crippen LogP contribution in [0.15, 0.2) is 54.7 Å². The number of aromatic nitrogens is 3. The highest BCUT2D eigenvalue weighted by molar-refractivity contribution is 6.06. The minimum atomic E-state index is -0.623. The van der Waals surface area contributed by atoms with Crippen LogP contribution in [0.1, 0.15) is 87.7 Å². The van der Waals surface area contributed by atoms with Gasteiger partial charge in [-0.3, -0.25) is 29.6 Å². The zero-order chi connectivity index (χ0) is 53.3. The lowest BCUT2D eigenvalue weighted by Gasteiger charge is -2.45. The summed E-state index contributed by atoms with van der Waals surface area (Å²) in [5, 5.41) is 4.66. The van der Waals surface area contributed by atoms with Gasteiger partial charge in [-0.05, 0) is 112 Å². The molecule has 3 atom stereocenters. The molecule has 1 N–H and O–H groups in total. The number of amides is 4. The van der Waals surface area contributed by atoms with Crippen LogP contribution < -0.4 is 24.6 Å². The Morgan fingerprint density at radius 3 is 2.36 bits per heavy atom. The molecule has 0 radical (unpaired) electrons. The number of carbonyl (C=O) groups excluding carboxylic acids is 4. The first-order chi connectivity index (χ1) is 37.1. The summed E-state index contributed by atoms with van der Waals surface area (Å²) in [5.74, 6) is 0.211. The van der Waals surface area contributed by atoms with E-state index in [9.17, 15) is 19.2 Å². The maximum Gasteiger partial charge on any atom is 0.410 e. The van der Waals surface area contributed by atoms with Crippen LogP contribution in [-0.4, -0.2) is 168 Å². The van der Waals surface area contributed by atoms with Crippen LogP contribution in [0.5, 0.6) is 11.8 Å². The Balaban J connectivity index is 0.721. The number of benzene rings is 3. The zero-order valence-corrected chi connectivity index (χ0v) is 44.8. The van der Waals surface area contributed by atoms with Crippen molar-refractivity contribution in [2.75, 3.05) is 95.8 Å². The number of rotatable bonds is 15. The smallest absolute Gasteiger partial charge is 0.410 e. The highest BCUT2D eigenvalue weighted by atomic mass is 19.1. The van der Waals surface area contributed by atoms with Crippen LogP contribution in [0, 0.1) is 17.2 Å². The van der Waals surface area contributed by atoms with E-state index >= 15 is 4.39 Å². The van der Waals surface area contributed by atoms with Crippen LogP contribution in [0.25, 0.3) is 32.9 Å². The average Bonchev–Trinajstić information content (AvgIpc) is 4.12. The largest absolute Gasteiger partial charge is 0.468 e. The maximum atomic E-state index is 17.7. The third-order valence-electron chi connectivity index (χ3n) is 16.9. The van der Waals surface area contributed by atoms with Gasteiger partial charge in [-0.15, -0.1) is 0 Å². The molecule has 5 saturated heterocycles. The molecule has 3 aromatic carbocycles. The molecule has 77 heavy (non-hydrogen) atoms. The van der Waals surface area contributed by atoms with Crippen molar-refractivity contribution < 1.29 is 42.5 Å². The number of imide groups is 1. The number of fused-ring (bicyclic) bond motifs is 5. The molecule has 6 fully saturated rings. The molecule has 1 saturated carbocycles. The highest BCUT2D eigenvalue weighted by Gasteiger charge is 2.47. The number of nitrogens with one attached hydrogen (secondary N) is 1. The van der Waals surface area contributed by atoms with Crippen molar-refractivity contribution >= 4 is 57.0 Å². The summed E-state index contributed by atoms with van der Waals surface area (Å²) in [5.41, 5.74) is 3.90. The lowest BCUT2D eigenvalue weighted by molar-refractivity contribution is -0.136. The van der Waals surface area contributed by atoms with Gasteiger partial charge in [-0.2, -0.15) is 9.97 Å². The van der Waals surface area contributed by atoms with Gasteiger partial charge in [0.15, 0.2) is 12.6 Å². The van der Waals surface area contributed by atoms with Gasteiger partial charge in [0, 0.05) is 120 Å². The highest BCUT2D eigenvalue weighted by Crippen LogP contribution is 2.47. The number of piperidine rings is 1. The maximum absolute atomic E-state index is 17.7. The number of piperazine rings is 2. The first kappa shape index (κ1) is 51.1. The molecule has 3 unspecified atom stereocenters. The zero-order valence-electron chi connectivity index (χ0n) is 44.8. The summed E-state index contributed by atoms with van der Waals surface area (Å²) in [6.45, 7) is 17.2. The molecule has 12 rings (SSSR count). The minimum Gasteiger partial charge on any atom is -0.468 e. The Hall–Kier alpha value is -6.70. The van der Waals surface area contributed by atoms with Gasteiger partial charge in [0.05, 0.1) is 24.1 Å². The van der Waals surface area contributed by atoms with Crippen LogP contribution in [0.3, 0.4) is 0 Å². The topological polar surface area (TPSA) is 175 Å². The Labute approximate surface area is 448 Å². The second-order valence-corrected chi connectivity index (χ2v) is 23.5. The molecule has 1 aliphatic carbocycles. The van der Waals surface area contributed by atoms with Gasteiger partial charge in [0.2, 0.25) is 11.8 Å². The third kappa shape index (κ3) is 10.1.